The van der Waals surface area contributed by atoms with Crippen molar-refractivity contribution in [2.75, 3.05) is 26.9 Å². The van der Waals surface area contributed by atoms with Gasteiger partial charge in [0.1, 0.15) is 0 Å². The van der Waals surface area contributed by atoms with Crippen molar-refractivity contribution in [1.82, 2.24) is 10.6 Å². The normalized spacial score (nSPS) is 14.5. The number of nitrogens with one attached hydrogen (secondary N) is 2. The van der Waals surface area contributed by atoms with Crippen LogP contribution in [0.2, 0.25) is 0 Å². The topological polar surface area (TPSA) is 59.6 Å². The van der Waals surface area contributed by atoms with Gasteiger partial charge in [-0.15, -0.1) is 0 Å². The Bertz CT molecular complexity index is 500. The fraction of sp³-hybridized carbons (Fsp3) is 0.400. The highest BCUT2D eigenvalue weighted by Crippen LogP contribution is 2.32. The molecule has 1 aliphatic heterocycles. The Morgan fingerprint density at radius 3 is 2.95 bits per heavy atom. The van der Waals surface area contributed by atoms with Gasteiger partial charge in [-0.2, -0.15) is 0 Å². The zero-order valence-corrected chi connectivity index (χ0v) is 11.8. The largest absolute Gasteiger partial charge is 0.454 e. The first kappa shape index (κ1) is 14.4. The Morgan fingerprint density at radius 1 is 1.35 bits per heavy atom. The zero-order valence-electron chi connectivity index (χ0n) is 11.8. The van der Waals surface area contributed by atoms with Gasteiger partial charge in [0, 0.05) is 12.6 Å². The van der Waals surface area contributed by atoms with Crippen molar-refractivity contribution in [3.8, 4) is 11.5 Å². The smallest absolute Gasteiger partial charge is 0.244 e. The van der Waals surface area contributed by atoms with Gasteiger partial charge in [0.2, 0.25) is 12.7 Å². The van der Waals surface area contributed by atoms with Gasteiger partial charge in [0.15, 0.2) is 11.5 Å². The van der Waals surface area contributed by atoms with Gasteiger partial charge in [-0.1, -0.05) is 13.0 Å². The summed E-state index contributed by atoms with van der Waals surface area (Å²) >= 11 is 0. The molecule has 0 spiro atoms. The Morgan fingerprint density at radius 2 is 2.15 bits per heavy atom. The molecule has 2 rings (SSSR count). The quantitative estimate of drug-likeness (QED) is 0.771. The van der Waals surface area contributed by atoms with Crippen LogP contribution in [0, 0.1) is 5.92 Å². The van der Waals surface area contributed by atoms with E-state index in [4.69, 9.17) is 9.47 Å². The SMILES string of the molecule is CNCC(C)CNC(=O)/C=C/c1ccc2c(c1)OCO2. The summed E-state index contributed by atoms with van der Waals surface area (Å²) in [5.41, 5.74) is 0.910. The van der Waals surface area contributed by atoms with Crippen LogP contribution in [0.4, 0.5) is 0 Å². The van der Waals surface area contributed by atoms with Crippen molar-refractivity contribution in [1.29, 1.82) is 0 Å². The van der Waals surface area contributed by atoms with Crippen LogP contribution in [-0.2, 0) is 4.79 Å². The molecule has 1 heterocycles. The second-order valence-electron chi connectivity index (χ2n) is 4.85. The van der Waals surface area contributed by atoms with Crippen LogP contribution in [0.1, 0.15) is 12.5 Å². The van der Waals surface area contributed by atoms with Gasteiger partial charge in [-0.05, 0) is 43.3 Å². The molecule has 1 unspecified atom stereocenters. The minimum atomic E-state index is -0.0920. The number of carbonyl (C=O) groups excluding carboxylic acids is 1. The Balaban J connectivity index is 1.84. The zero-order chi connectivity index (χ0) is 14.4. The third kappa shape index (κ3) is 3.99. The van der Waals surface area contributed by atoms with E-state index in [-0.39, 0.29) is 12.7 Å². The van der Waals surface area contributed by atoms with Crippen LogP contribution in [0.25, 0.3) is 6.08 Å². The van der Waals surface area contributed by atoms with E-state index in [0.29, 0.717) is 12.5 Å². The van der Waals surface area contributed by atoms with Gasteiger partial charge >= 0.3 is 0 Å². The molecule has 108 valence electrons. The van der Waals surface area contributed by atoms with Gasteiger partial charge in [0.05, 0.1) is 0 Å². The summed E-state index contributed by atoms with van der Waals surface area (Å²) in [5.74, 6) is 1.77. The third-order valence-electron chi connectivity index (χ3n) is 3.00. The first-order chi connectivity index (χ1) is 9.69. The van der Waals surface area contributed by atoms with E-state index in [1.54, 1.807) is 6.08 Å². The number of amides is 1. The number of carbonyl (C=O) groups is 1. The lowest BCUT2D eigenvalue weighted by Crippen LogP contribution is -2.31. The maximum atomic E-state index is 11.7. The molecule has 2 N–H and O–H groups in total. The van der Waals surface area contributed by atoms with Crippen molar-refractivity contribution in [2.45, 2.75) is 6.92 Å². The summed E-state index contributed by atoms with van der Waals surface area (Å²) in [6.07, 6.45) is 3.30. The molecule has 20 heavy (non-hydrogen) atoms. The predicted molar refractivity (Wildman–Crippen MR) is 77.7 cm³/mol. The van der Waals surface area contributed by atoms with Crippen LogP contribution in [0.5, 0.6) is 11.5 Å². The van der Waals surface area contributed by atoms with Crippen molar-refractivity contribution in [3.63, 3.8) is 0 Å². The molecule has 0 radical (unpaired) electrons. The number of rotatable bonds is 6. The lowest BCUT2D eigenvalue weighted by atomic mass is 10.1. The molecule has 0 saturated heterocycles. The van der Waals surface area contributed by atoms with E-state index in [1.165, 1.54) is 6.08 Å². The minimum Gasteiger partial charge on any atom is -0.454 e. The summed E-state index contributed by atoms with van der Waals surface area (Å²) in [6.45, 7) is 3.88. The maximum absolute atomic E-state index is 11.7. The van der Waals surface area contributed by atoms with Gasteiger partial charge in [-0.3, -0.25) is 4.79 Å². The van der Waals surface area contributed by atoms with E-state index in [0.717, 1.165) is 23.6 Å². The number of hydrogen-bond donors (Lipinski definition) is 2. The Hall–Kier alpha value is -2.01. The minimum absolute atomic E-state index is 0.0920. The molecule has 0 saturated carbocycles. The van der Waals surface area contributed by atoms with Crippen LogP contribution < -0.4 is 20.1 Å². The summed E-state index contributed by atoms with van der Waals surface area (Å²) in [5, 5.41) is 5.95. The molecule has 0 aliphatic carbocycles. The van der Waals surface area contributed by atoms with Crippen LogP contribution in [0.3, 0.4) is 0 Å². The number of ether oxygens (including phenoxy) is 2. The summed E-state index contributed by atoms with van der Waals surface area (Å²) in [4.78, 5) is 11.7. The fourth-order valence-electron chi connectivity index (χ4n) is 1.94. The monoisotopic (exact) mass is 276 g/mol. The van der Waals surface area contributed by atoms with E-state index in [2.05, 4.69) is 17.6 Å². The average molecular weight is 276 g/mol. The van der Waals surface area contributed by atoms with Gasteiger partial charge in [0.25, 0.3) is 0 Å². The molecule has 0 fully saturated rings. The number of fused-ring (bicyclic) bond motifs is 1. The molecular weight excluding hydrogens is 256 g/mol. The van der Waals surface area contributed by atoms with Crippen LogP contribution in [0.15, 0.2) is 24.3 Å². The molecule has 5 nitrogen and oxygen atoms in total. The molecule has 1 aromatic rings. The summed E-state index contributed by atoms with van der Waals surface area (Å²) < 4.78 is 10.5. The highest BCUT2D eigenvalue weighted by Gasteiger charge is 2.12. The molecule has 1 aromatic carbocycles. The van der Waals surface area contributed by atoms with Crippen molar-refractivity contribution in [3.05, 3.63) is 29.8 Å². The first-order valence-electron chi connectivity index (χ1n) is 6.69. The molecule has 0 aromatic heterocycles. The highest BCUT2D eigenvalue weighted by atomic mass is 16.7. The second kappa shape index (κ2) is 6.96. The van der Waals surface area contributed by atoms with Crippen molar-refractivity contribution in [2.24, 2.45) is 5.92 Å². The number of benzene rings is 1. The highest BCUT2D eigenvalue weighted by molar-refractivity contribution is 5.91. The average Bonchev–Trinajstić information content (AvgIpc) is 2.90. The fourth-order valence-corrected chi connectivity index (χ4v) is 1.94. The van der Waals surface area contributed by atoms with E-state index in [9.17, 15) is 4.79 Å². The van der Waals surface area contributed by atoms with Crippen LogP contribution >= 0.6 is 0 Å². The molecule has 1 amide bonds. The van der Waals surface area contributed by atoms with Crippen LogP contribution in [-0.4, -0.2) is 32.8 Å². The molecule has 5 heteroatoms. The van der Waals surface area contributed by atoms with E-state index < -0.39 is 0 Å². The maximum Gasteiger partial charge on any atom is 0.244 e. The third-order valence-corrected chi connectivity index (χ3v) is 3.00. The first-order valence-corrected chi connectivity index (χ1v) is 6.69. The molecular formula is C15H20N2O3. The Kier molecular flexibility index (Phi) is 5.01. The number of hydrogen-bond acceptors (Lipinski definition) is 4. The van der Waals surface area contributed by atoms with Crippen molar-refractivity contribution < 1.29 is 14.3 Å². The van der Waals surface area contributed by atoms with E-state index >= 15 is 0 Å². The Labute approximate surface area is 119 Å². The van der Waals surface area contributed by atoms with E-state index in [1.807, 2.05) is 25.2 Å². The molecule has 0 bridgehead atoms. The van der Waals surface area contributed by atoms with Gasteiger partial charge < -0.3 is 20.1 Å². The van der Waals surface area contributed by atoms with Crippen molar-refractivity contribution >= 4 is 12.0 Å². The second-order valence-corrected chi connectivity index (χ2v) is 4.85. The predicted octanol–water partition coefficient (Wildman–Crippen LogP) is 1.40. The lowest BCUT2D eigenvalue weighted by molar-refractivity contribution is -0.116. The summed E-state index contributed by atoms with van der Waals surface area (Å²) in [6, 6.07) is 5.59. The molecule has 1 aliphatic rings. The standard InChI is InChI=1S/C15H20N2O3/c1-11(8-16-2)9-17-15(18)6-4-12-3-5-13-14(7-12)20-10-19-13/h3-7,11,16H,8-10H2,1-2H3,(H,17,18)/b6-4+. The van der Waals surface area contributed by atoms with Gasteiger partial charge in [-0.25, -0.2) is 0 Å². The summed E-state index contributed by atoms with van der Waals surface area (Å²) in [7, 11) is 1.90. The lowest BCUT2D eigenvalue weighted by Gasteiger charge is -2.10. The molecule has 1 atom stereocenters.